The van der Waals surface area contributed by atoms with E-state index in [0.717, 1.165) is 17.7 Å². The third-order valence-electron chi connectivity index (χ3n) is 3.69. The maximum atomic E-state index is 12.8. The van der Waals surface area contributed by atoms with E-state index in [0.29, 0.717) is 16.0 Å². The van der Waals surface area contributed by atoms with Gasteiger partial charge in [-0.25, -0.2) is 0 Å². The van der Waals surface area contributed by atoms with Crippen molar-refractivity contribution in [2.45, 2.75) is 12.7 Å². The van der Waals surface area contributed by atoms with Crippen LogP contribution in [0.5, 0.6) is 0 Å². The minimum Gasteiger partial charge on any atom is -0.304 e. The van der Waals surface area contributed by atoms with Crippen molar-refractivity contribution in [3.05, 3.63) is 80.9 Å². The number of alkyl halides is 3. The van der Waals surface area contributed by atoms with E-state index in [1.807, 2.05) is 18.2 Å². The van der Waals surface area contributed by atoms with Gasteiger partial charge in [0.2, 0.25) is 0 Å². The number of nitrogens with one attached hydrogen (secondary N) is 1. The van der Waals surface area contributed by atoms with Gasteiger partial charge in [-0.1, -0.05) is 35.9 Å². The number of carbonyl (C=O) groups is 1. The average Bonchev–Trinajstić information content (AvgIpc) is 2.95. The summed E-state index contributed by atoms with van der Waals surface area (Å²) in [5.41, 5.74) is -0.166. The number of hydrogen-bond donors (Lipinski definition) is 1. The first-order valence-corrected chi connectivity index (χ1v) is 8.86. The highest BCUT2D eigenvalue weighted by Gasteiger charge is 2.31. The largest absolute Gasteiger partial charge is 0.416 e. The van der Waals surface area contributed by atoms with Crippen LogP contribution in [0.4, 0.5) is 19.0 Å². The van der Waals surface area contributed by atoms with Crippen molar-refractivity contribution in [3.63, 3.8) is 0 Å². The van der Waals surface area contributed by atoms with Gasteiger partial charge in [0.1, 0.15) is 0 Å². The topological polar surface area (TPSA) is 46.9 Å². The van der Waals surface area contributed by atoms with Gasteiger partial charge in [-0.2, -0.15) is 18.3 Å². The SMILES string of the molecule is O=C(Nc1nn(Cc2ccccc2Cl)cc1Br)c1cccc(C(F)(F)F)c1. The Morgan fingerprint density at radius 3 is 2.63 bits per heavy atom. The fourth-order valence-corrected chi connectivity index (χ4v) is 2.99. The van der Waals surface area contributed by atoms with Crippen LogP contribution in [0.2, 0.25) is 5.02 Å². The Morgan fingerprint density at radius 2 is 1.93 bits per heavy atom. The highest BCUT2D eigenvalue weighted by Crippen LogP contribution is 2.30. The van der Waals surface area contributed by atoms with E-state index in [2.05, 4.69) is 26.3 Å². The Bertz CT molecular complexity index is 988. The van der Waals surface area contributed by atoms with Crippen LogP contribution in [0, 0.1) is 0 Å². The molecule has 0 radical (unpaired) electrons. The number of rotatable bonds is 4. The lowest BCUT2D eigenvalue weighted by Crippen LogP contribution is -2.15. The predicted molar refractivity (Wildman–Crippen MR) is 99.9 cm³/mol. The minimum absolute atomic E-state index is 0.114. The van der Waals surface area contributed by atoms with Crippen LogP contribution in [0.15, 0.2) is 59.2 Å². The molecule has 0 aliphatic heterocycles. The second-order valence-electron chi connectivity index (χ2n) is 5.65. The van der Waals surface area contributed by atoms with Gasteiger partial charge in [0.15, 0.2) is 5.82 Å². The molecule has 0 fully saturated rings. The van der Waals surface area contributed by atoms with Crippen LogP contribution in [-0.4, -0.2) is 15.7 Å². The molecule has 0 saturated carbocycles. The molecule has 3 rings (SSSR count). The molecule has 1 amide bonds. The van der Waals surface area contributed by atoms with Crippen LogP contribution in [-0.2, 0) is 12.7 Å². The van der Waals surface area contributed by atoms with Gasteiger partial charge in [0, 0.05) is 16.8 Å². The number of anilines is 1. The summed E-state index contributed by atoms with van der Waals surface area (Å²) >= 11 is 9.41. The molecule has 0 unspecified atom stereocenters. The van der Waals surface area contributed by atoms with Gasteiger partial charge in [0.05, 0.1) is 16.6 Å². The number of amides is 1. The van der Waals surface area contributed by atoms with Crippen molar-refractivity contribution in [2.24, 2.45) is 0 Å². The van der Waals surface area contributed by atoms with Gasteiger partial charge < -0.3 is 5.32 Å². The van der Waals surface area contributed by atoms with E-state index in [1.54, 1.807) is 16.9 Å². The molecule has 0 saturated heterocycles. The molecule has 3 aromatic rings. The van der Waals surface area contributed by atoms with Crippen molar-refractivity contribution >= 4 is 39.3 Å². The van der Waals surface area contributed by atoms with Gasteiger partial charge in [-0.05, 0) is 45.8 Å². The average molecular weight is 459 g/mol. The van der Waals surface area contributed by atoms with E-state index in [1.165, 1.54) is 12.1 Å². The van der Waals surface area contributed by atoms with Gasteiger partial charge in [-0.3, -0.25) is 9.48 Å². The van der Waals surface area contributed by atoms with Gasteiger partial charge >= 0.3 is 6.18 Å². The van der Waals surface area contributed by atoms with Crippen molar-refractivity contribution in [1.82, 2.24) is 9.78 Å². The zero-order valence-corrected chi connectivity index (χ0v) is 15.9. The molecule has 1 N–H and O–H groups in total. The lowest BCUT2D eigenvalue weighted by Gasteiger charge is -2.08. The third-order valence-corrected chi connectivity index (χ3v) is 4.64. The first-order chi connectivity index (χ1) is 12.7. The van der Waals surface area contributed by atoms with E-state index < -0.39 is 17.6 Å². The molecular formula is C18H12BrClF3N3O. The molecule has 1 heterocycles. The number of carbonyl (C=O) groups excluding carboxylic acids is 1. The molecule has 4 nitrogen and oxygen atoms in total. The van der Waals surface area contributed by atoms with Gasteiger partial charge in [0.25, 0.3) is 5.91 Å². The smallest absolute Gasteiger partial charge is 0.304 e. The summed E-state index contributed by atoms with van der Waals surface area (Å²) < 4.78 is 40.5. The van der Waals surface area contributed by atoms with Crippen LogP contribution >= 0.6 is 27.5 Å². The zero-order chi connectivity index (χ0) is 19.6. The van der Waals surface area contributed by atoms with Gasteiger partial charge in [-0.15, -0.1) is 0 Å². The Balaban J connectivity index is 1.77. The molecule has 140 valence electrons. The number of aromatic nitrogens is 2. The number of nitrogens with zero attached hydrogens (tertiary/aromatic N) is 2. The summed E-state index contributed by atoms with van der Waals surface area (Å²) in [7, 11) is 0. The van der Waals surface area contributed by atoms with Crippen molar-refractivity contribution in [3.8, 4) is 0 Å². The maximum Gasteiger partial charge on any atom is 0.416 e. The lowest BCUT2D eigenvalue weighted by atomic mass is 10.1. The molecule has 0 aliphatic carbocycles. The molecule has 0 aliphatic rings. The fourth-order valence-electron chi connectivity index (χ4n) is 2.38. The van der Waals surface area contributed by atoms with Crippen molar-refractivity contribution in [2.75, 3.05) is 5.32 Å². The van der Waals surface area contributed by atoms with Crippen LogP contribution in [0.25, 0.3) is 0 Å². The normalized spacial score (nSPS) is 11.4. The maximum absolute atomic E-state index is 12.8. The Hall–Kier alpha value is -2.32. The van der Waals surface area contributed by atoms with E-state index >= 15 is 0 Å². The standard InChI is InChI=1S/C18H12BrClF3N3O/c19-14-10-26(9-12-4-1-2-7-15(12)20)25-16(14)24-17(27)11-5-3-6-13(8-11)18(21,22)23/h1-8,10H,9H2,(H,24,25,27). The first kappa shape index (κ1) is 19.4. The minimum atomic E-state index is -4.52. The van der Waals surface area contributed by atoms with Crippen molar-refractivity contribution < 1.29 is 18.0 Å². The molecule has 9 heteroatoms. The van der Waals surface area contributed by atoms with Crippen LogP contribution < -0.4 is 5.32 Å². The molecule has 0 spiro atoms. The van der Waals surface area contributed by atoms with Crippen molar-refractivity contribution in [1.29, 1.82) is 0 Å². The number of hydrogen-bond acceptors (Lipinski definition) is 2. The highest BCUT2D eigenvalue weighted by atomic mass is 79.9. The van der Waals surface area contributed by atoms with E-state index in [4.69, 9.17) is 11.6 Å². The first-order valence-electron chi connectivity index (χ1n) is 7.69. The summed E-state index contributed by atoms with van der Waals surface area (Å²) in [6.45, 7) is 0.373. The third kappa shape index (κ3) is 4.70. The zero-order valence-electron chi connectivity index (χ0n) is 13.6. The highest BCUT2D eigenvalue weighted by molar-refractivity contribution is 9.10. The Kier molecular flexibility index (Phi) is 5.57. The van der Waals surface area contributed by atoms with Crippen LogP contribution in [0.1, 0.15) is 21.5 Å². The molecule has 1 aromatic heterocycles. The Morgan fingerprint density at radius 1 is 1.19 bits per heavy atom. The lowest BCUT2D eigenvalue weighted by molar-refractivity contribution is -0.137. The monoisotopic (exact) mass is 457 g/mol. The molecule has 0 bridgehead atoms. The number of benzene rings is 2. The fraction of sp³-hybridized carbons (Fsp3) is 0.111. The summed E-state index contributed by atoms with van der Waals surface area (Å²) in [6, 6.07) is 11.4. The quantitative estimate of drug-likeness (QED) is 0.552. The summed E-state index contributed by atoms with van der Waals surface area (Å²) in [5, 5.41) is 7.33. The van der Waals surface area contributed by atoms with E-state index in [-0.39, 0.29) is 11.4 Å². The second-order valence-corrected chi connectivity index (χ2v) is 6.91. The summed E-state index contributed by atoms with van der Waals surface area (Å²) in [4.78, 5) is 12.3. The predicted octanol–water partition coefficient (Wildman–Crippen LogP) is 5.62. The number of halogens is 5. The molecular weight excluding hydrogens is 447 g/mol. The summed E-state index contributed by atoms with van der Waals surface area (Å²) in [6.07, 6.45) is -2.88. The summed E-state index contributed by atoms with van der Waals surface area (Å²) in [5.74, 6) is -0.491. The molecule has 0 atom stereocenters. The van der Waals surface area contributed by atoms with E-state index in [9.17, 15) is 18.0 Å². The second kappa shape index (κ2) is 7.74. The Labute approximate surface area is 166 Å². The van der Waals surface area contributed by atoms with Crippen LogP contribution in [0.3, 0.4) is 0 Å². The molecule has 2 aromatic carbocycles. The molecule has 27 heavy (non-hydrogen) atoms.